The van der Waals surface area contributed by atoms with E-state index < -0.39 is 17.8 Å². The maximum atomic E-state index is 11.8. The van der Waals surface area contributed by atoms with E-state index in [1.165, 1.54) is 31.8 Å². The molecule has 0 saturated carbocycles. The lowest BCUT2D eigenvalue weighted by Crippen LogP contribution is -2.51. The molecule has 2 N–H and O–H groups in total. The smallest absolute Gasteiger partial charge is 0.328 e. The van der Waals surface area contributed by atoms with Gasteiger partial charge in [-0.2, -0.15) is 0 Å². The van der Waals surface area contributed by atoms with E-state index in [1.54, 1.807) is 12.1 Å². The molecule has 0 aliphatic carbocycles. The van der Waals surface area contributed by atoms with Crippen LogP contribution in [0.2, 0.25) is 10.0 Å². The number of unbranched alkanes of at least 4 members (excludes halogenated alkanes) is 5. The molecule has 0 unspecified atom stereocenters. The van der Waals surface area contributed by atoms with E-state index in [0.29, 0.717) is 17.9 Å². The molecule has 1 aliphatic heterocycles. The molecule has 1 fully saturated rings. The van der Waals surface area contributed by atoms with Crippen LogP contribution in [-0.2, 0) is 9.59 Å². The minimum atomic E-state index is -0.850. The first-order valence-electron chi connectivity index (χ1n) is 8.92. The van der Waals surface area contributed by atoms with Crippen molar-refractivity contribution in [1.82, 2.24) is 10.6 Å². The number of halogens is 2. The Bertz CT molecular complexity index is 717. The van der Waals surface area contributed by atoms with Crippen LogP contribution in [-0.4, -0.2) is 24.5 Å². The minimum absolute atomic E-state index is 0.206. The molecule has 0 aromatic heterocycles. The second-order valence-electron chi connectivity index (χ2n) is 6.23. The zero-order valence-electron chi connectivity index (χ0n) is 15.1. The van der Waals surface area contributed by atoms with Gasteiger partial charge >= 0.3 is 6.03 Å². The molecule has 0 bridgehead atoms. The third-order valence-electron chi connectivity index (χ3n) is 4.02. The Balaban J connectivity index is 2.00. The Morgan fingerprint density at radius 1 is 0.926 bits per heavy atom. The highest BCUT2D eigenvalue weighted by Crippen LogP contribution is 2.35. The molecule has 6 nitrogen and oxygen atoms in total. The molecule has 8 heteroatoms. The molecule has 2 rings (SSSR count). The summed E-state index contributed by atoms with van der Waals surface area (Å²) in [4.78, 5) is 34.6. The average Bonchev–Trinajstić information content (AvgIpc) is 2.59. The van der Waals surface area contributed by atoms with Crippen molar-refractivity contribution in [3.63, 3.8) is 0 Å². The lowest BCUT2D eigenvalue weighted by molar-refractivity contribution is -0.123. The molecular formula is C19H22Cl2N2O4. The number of barbiturate groups is 1. The number of hydrogen-bond donors (Lipinski definition) is 2. The van der Waals surface area contributed by atoms with E-state index in [0.717, 1.165) is 12.8 Å². The highest BCUT2D eigenvalue weighted by molar-refractivity contribution is 6.37. The summed E-state index contributed by atoms with van der Waals surface area (Å²) >= 11 is 12.5. The minimum Gasteiger partial charge on any atom is -0.490 e. The lowest BCUT2D eigenvalue weighted by atomic mass is 10.1. The van der Waals surface area contributed by atoms with Crippen LogP contribution in [0.15, 0.2) is 17.7 Å². The number of carbonyl (C=O) groups is 3. The van der Waals surface area contributed by atoms with Gasteiger partial charge in [0.2, 0.25) is 0 Å². The Morgan fingerprint density at radius 3 is 2.07 bits per heavy atom. The molecule has 1 aromatic carbocycles. The predicted octanol–water partition coefficient (Wildman–Crippen LogP) is 4.48. The van der Waals surface area contributed by atoms with Crippen LogP contribution in [0.3, 0.4) is 0 Å². The summed E-state index contributed by atoms with van der Waals surface area (Å²) in [6, 6.07) is 2.25. The summed E-state index contributed by atoms with van der Waals surface area (Å²) in [6.07, 6.45) is 8.18. The number of imide groups is 2. The number of ether oxygens (including phenoxy) is 1. The number of rotatable bonds is 9. The maximum Gasteiger partial charge on any atom is 0.328 e. The van der Waals surface area contributed by atoms with Crippen LogP contribution in [0.4, 0.5) is 4.79 Å². The fourth-order valence-electron chi connectivity index (χ4n) is 2.63. The van der Waals surface area contributed by atoms with Gasteiger partial charge in [0, 0.05) is 0 Å². The zero-order chi connectivity index (χ0) is 19.8. The van der Waals surface area contributed by atoms with Crippen molar-refractivity contribution in [1.29, 1.82) is 0 Å². The van der Waals surface area contributed by atoms with Crippen LogP contribution in [0.1, 0.15) is 51.0 Å². The second-order valence-corrected chi connectivity index (χ2v) is 7.04. The first-order chi connectivity index (χ1) is 12.9. The third-order valence-corrected chi connectivity index (χ3v) is 4.58. The average molecular weight is 413 g/mol. The zero-order valence-corrected chi connectivity index (χ0v) is 16.6. The Labute approximate surface area is 168 Å². The van der Waals surface area contributed by atoms with Gasteiger partial charge in [0.05, 0.1) is 16.7 Å². The van der Waals surface area contributed by atoms with Gasteiger partial charge in [-0.25, -0.2) is 4.79 Å². The Hall–Kier alpha value is -2.05. The number of carbonyl (C=O) groups excluding carboxylic acids is 3. The van der Waals surface area contributed by atoms with E-state index in [-0.39, 0.29) is 15.6 Å². The highest BCUT2D eigenvalue weighted by Gasteiger charge is 2.27. The normalized spacial score (nSPS) is 14.0. The first-order valence-corrected chi connectivity index (χ1v) is 9.68. The molecule has 0 atom stereocenters. The van der Waals surface area contributed by atoms with Crippen molar-refractivity contribution in [3.05, 3.63) is 33.3 Å². The third kappa shape index (κ3) is 6.26. The van der Waals surface area contributed by atoms with E-state index in [1.807, 2.05) is 10.6 Å². The van der Waals surface area contributed by atoms with E-state index >= 15 is 0 Å². The summed E-state index contributed by atoms with van der Waals surface area (Å²) in [7, 11) is 0. The van der Waals surface area contributed by atoms with Gasteiger partial charge in [-0.05, 0) is 30.2 Å². The molecule has 1 heterocycles. The largest absolute Gasteiger partial charge is 0.490 e. The summed E-state index contributed by atoms with van der Waals surface area (Å²) in [6.45, 7) is 2.69. The fourth-order valence-corrected chi connectivity index (χ4v) is 3.24. The van der Waals surface area contributed by atoms with Gasteiger partial charge in [-0.15, -0.1) is 0 Å². The standard InChI is InChI=1S/C19H22Cl2N2O4/c1-2-3-4-5-6-7-8-27-16-14(20)10-12(11-15(16)21)9-13-17(24)22-19(26)23-18(13)25/h9-11H,2-8H2,1H3,(H2,22,23,24,25,26). The summed E-state index contributed by atoms with van der Waals surface area (Å²) < 4.78 is 5.69. The number of benzene rings is 1. The van der Waals surface area contributed by atoms with Gasteiger partial charge in [0.25, 0.3) is 11.8 Å². The maximum absolute atomic E-state index is 11.8. The van der Waals surface area contributed by atoms with Crippen molar-refractivity contribution < 1.29 is 19.1 Å². The molecule has 1 aliphatic rings. The summed E-state index contributed by atoms with van der Waals surface area (Å²) in [5, 5.41) is 4.58. The van der Waals surface area contributed by atoms with E-state index in [2.05, 4.69) is 6.92 Å². The number of urea groups is 1. The van der Waals surface area contributed by atoms with Gasteiger partial charge in [-0.3, -0.25) is 20.2 Å². The summed E-state index contributed by atoms with van der Waals surface area (Å²) in [5.74, 6) is -1.18. The highest BCUT2D eigenvalue weighted by atomic mass is 35.5. The van der Waals surface area contributed by atoms with E-state index in [9.17, 15) is 14.4 Å². The number of hydrogen-bond acceptors (Lipinski definition) is 4. The van der Waals surface area contributed by atoms with Crippen molar-refractivity contribution in [3.8, 4) is 5.75 Å². The van der Waals surface area contributed by atoms with Crippen molar-refractivity contribution in [2.45, 2.75) is 45.4 Å². The van der Waals surface area contributed by atoms with Crippen molar-refractivity contribution >= 4 is 47.1 Å². The quantitative estimate of drug-likeness (QED) is 0.355. The SMILES string of the molecule is CCCCCCCCOc1c(Cl)cc(C=C2C(=O)NC(=O)NC2=O)cc1Cl. The fraction of sp³-hybridized carbons (Fsp3) is 0.421. The number of amides is 4. The molecule has 1 aromatic rings. The van der Waals surface area contributed by atoms with E-state index in [4.69, 9.17) is 27.9 Å². The molecule has 1 saturated heterocycles. The topological polar surface area (TPSA) is 84.5 Å². The molecule has 4 amide bonds. The molecule has 0 radical (unpaired) electrons. The van der Waals surface area contributed by atoms with Gasteiger partial charge < -0.3 is 4.74 Å². The lowest BCUT2D eigenvalue weighted by Gasteiger charge is -2.14. The number of nitrogens with one attached hydrogen (secondary N) is 2. The van der Waals surface area contributed by atoms with Crippen LogP contribution < -0.4 is 15.4 Å². The Morgan fingerprint density at radius 2 is 1.48 bits per heavy atom. The van der Waals surface area contributed by atoms with Crippen LogP contribution in [0, 0.1) is 0 Å². The monoisotopic (exact) mass is 412 g/mol. The first kappa shape index (κ1) is 21.3. The summed E-state index contributed by atoms with van der Waals surface area (Å²) in [5.41, 5.74) is 0.244. The van der Waals surface area contributed by atoms with Crippen molar-refractivity contribution in [2.24, 2.45) is 0 Å². The molecule has 27 heavy (non-hydrogen) atoms. The Kier molecular flexibility index (Phi) is 8.13. The van der Waals surface area contributed by atoms with Gasteiger partial charge in [-0.1, -0.05) is 62.2 Å². The van der Waals surface area contributed by atoms with Crippen LogP contribution in [0.5, 0.6) is 5.75 Å². The van der Waals surface area contributed by atoms with Gasteiger partial charge in [0.1, 0.15) is 5.57 Å². The second kappa shape index (κ2) is 10.3. The van der Waals surface area contributed by atoms with Crippen LogP contribution >= 0.6 is 23.2 Å². The predicted molar refractivity (Wildman–Crippen MR) is 105 cm³/mol. The van der Waals surface area contributed by atoms with Crippen molar-refractivity contribution in [2.75, 3.05) is 6.61 Å². The molecule has 0 spiro atoms. The molecular weight excluding hydrogens is 391 g/mol. The van der Waals surface area contributed by atoms with Crippen LogP contribution in [0.25, 0.3) is 6.08 Å². The molecule has 146 valence electrons. The van der Waals surface area contributed by atoms with Gasteiger partial charge in [0.15, 0.2) is 5.75 Å².